The highest BCUT2D eigenvalue weighted by Gasteiger charge is 2.03. The maximum atomic E-state index is 10.5. The van der Waals surface area contributed by atoms with Gasteiger partial charge < -0.3 is 0 Å². The molecule has 0 atom stereocenters. The summed E-state index contributed by atoms with van der Waals surface area (Å²) in [4.78, 5) is 10.5. The maximum absolute atomic E-state index is 10.5. The van der Waals surface area contributed by atoms with Crippen LogP contribution in [0.4, 0.5) is 0 Å². The van der Waals surface area contributed by atoms with Gasteiger partial charge in [-0.2, -0.15) is 4.68 Å². The molecular weight excluding hydrogens is 140 g/mol. The highest BCUT2D eigenvalue weighted by molar-refractivity contribution is 7.80. The lowest BCUT2D eigenvalue weighted by atomic mass is 10.7. The number of carbonyl (C=O) groups is 1. The summed E-state index contributed by atoms with van der Waals surface area (Å²) in [5.41, 5.74) is 0. The van der Waals surface area contributed by atoms with Crippen molar-refractivity contribution in [1.82, 2.24) is 20.2 Å². The summed E-state index contributed by atoms with van der Waals surface area (Å²) < 4.78 is 1.00. The zero-order chi connectivity index (χ0) is 6.85. The molecule has 1 rings (SSSR count). The average molecular weight is 144 g/mol. The zero-order valence-corrected chi connectivity index (χ0v) is 5.54. The van der Waals surface area contributed by atoms with Crippen molar-refractivity contribution in [3.63, 3.8) is 0 Å². The van der Waals surface area contributed by atoms with E-state index in [4.69, 9.17) is 0 Å². The van der Waals surface area contributed by atoms with Gasteiger partial charge in [0.05, 0.1) is 0 Å². The highest BCUT2D eigenvalue weighted by atomic mass is 32.1. The van der Waals surface area contributed by atoms with Crippen molar-refractivity contribution in [3.8, 4) is 0 Å². The molecule has 1 heterocycles. The number of aromatic nitrogens is 4. The van der Waals surface area contributed by atoms with Gasteiger partial charge in [0.15, 0.2) is 0 Å². The summed E-state index contributed by atoms with van der Waals surface area (Å²) in [5.74, 6) is -0.245. The topological polar surface area (TPSA) is 60.7 Å². The van der Waals surface area contributed by atoms with E-state index >= 15 is 0 Å². The minimum absolute atomic E-state index is 0.211. The Labute approximate surface area is 56.5 Å². The van der Waals surface area contributed by atoms with Crippen molar-refractivity contribution >= 4 is 18.5 Å². The Bertz CT molecular complexity index is 231. The predicted molar refractivity (Wildman–Crippen MR) is 31.4 cm³/mol. The van der Waals surface area contributed by atoms with Crippen LogP contribution in [0.5, 0.6) is 0 Å². The third kappa shape index (κ3) is 1.07. The molecule has 48 valence electrons. The van der Waals surface area contributed by atoms with Gasteiger partial charge in [-0.05, 0) is 10.4 Å². The summed E-state index contributed by atoms with van der Waals surface area (Å²) in [6.07, 6.45) is 0. The van der Waals surface area contributed by atoms with Gasteiger partial charge in [0, 0.05) is 6.92 Å². The van der Waals surface area contributed by atoms with Crippen molar-refractivity contribution in [1.29, 1.82) is 0 Å². The van der Waals surface area contributed by atoms with Crippen molar-refractivity contribution in [3.05, 3.63) is 0 Å². The minimum Gasteiger partial charge on any atom is -0.273 e. The lowest BCUT2D eigenvalue weighted by Gasteiger charge is -1.88. The van der Waals surface area contributed by atoms with E-state index in [9.17, 15) is 4.79 Å². The Morgan fingerprint density at radius 2 is 2.44 bits per heavy atom. The Balaban J connectivity index is 3.08. The van der Waals surface area contributed by atoms with Crippen LogP contribution in [0.1, 0.15) is 11.7 Å². The molecule has 0 aliphatic rings. The molecule has 0 bridgehead atoms. The first-order valence-electron chi connectivity index (χ1n) is 2.20. The monoisotopic (exact) mass is 144 g/mol. The number of hydrogen-bond acceptors (Lipinski definition) is 5. The van der Waals surface area contributed by atoms with E-state index in [2.05, 4.69) is 28.2 Å². The lowest BCUT2D eigenvalue weighted by Crippen LogP contribution is -2.07. The first kappa shape index (κ1) is 6.21. The van der Waals surface area contributed by atoms with Crippen LogP contribution in [0.3, 0.4) is 0 Å². The van der Waals surface area contributed by atoms with Crippen molar-refractivity contribution in [2.45, 2.75) is 12.1 Å². The largest absolute Gasteiger partial charge is 0.273 e. The number of carbonyl (C=O) groups excluding carboxylic acids is 1. The highest BCUT2D eigenvalue weighted by Crippen LogP contribution is 1.94. The number of thiol groups is 1. The van der Waals surface area contributed by atoms with E-state index in [1.807, 2.05) is 0 Å². The molecule has 0 amide bonds. The van der Waals surface area contributed by atoms with Gasteiger partial charge in [-0.3, -0.25) is 4.79 Å². The van der Waals surface area contributed by atoms with Gasteiger partial charge in [0.2, 0.25) is 11.1 Å². The fourth-order valence-electron chi connectivity index (χ4n) is 0.386. The molecule has 1 aromatic heterocycles. The molecule has 0 aromatic carbocycles. The van der Waals surface area contributed by atoms with E-state index in [0.29, 0.717) is 0 Å². The van der Waals surface area contributed by atoms with Crippen LogP contribution in [-0.4, -0.2) is 26.1 Å². The molecule has 0 aliphatic carbocycles. The Morgan fingerprint density at radius 3 is 2.67 bits per heavy atom. The van der Waals surface area contributed by atoms with E-state index in [1.54, 1.807) is 0 Å². The minimum atomic E-state index is -0.245. The van der Waals surface area contributed by atoms with Gasteiger partial charge in [-0.1, -0.05) is 0 Å². The normalized spacial score (nSPS) is 9.56. The van der Waals surface area contributed by atoms with Crippen LogP contribution in [-0.2, 0) is 0 Å². The van der Waals surface area contributed by atoms with Crippen LogP contribution in [0.25, 0.3) is 0 Å². The fraction of sp³-hybridized carbons (Fsp3) is 0.333. The Morgan fingerprint density at radius 1 is 1.78 bits per heavy atom. The molecule has 6 heteroatoms. The van der Waals surface area contributed by atoms with Gasteiger partial charge >= 0.3 is 0 Å². The summed E-state index contributed by atoms with van der Waals surface area (Å²) >= 11 is 3.79. The lowest BCUT2D eigenvalue weighted by molar-refractivity contribution is 0.0908. The van der Waals surface area contributed by atoms with Crippen molar-refractivity contribution in [2.75, 3.05) is 0 Å². The number of tetrazole rings is 1. The second-order valence-electron chi connectivity index (χ2n) is 1.41. The second kappa shape index (κ2) is 2.14. The van der Waals surface area contributed by atoms with Gasteiger partial charge in [-0.15, -0.1) is 17.7 Å². The van der Waals surface area contributed by atoms with Crippen LogP contribution >= 0.6 is 12.6 Å². The van der Waals surface area contributed by atoms with Crippen LogP contribution < -0.4 is 0 Å². The van der Waals surface area contributed by atoms with E-state index in [0.717, 1.165) is 4.68 Å². The molecule has 0 radical (unpaired) electrons. The summed E-state index contributed by atoms with van der Waals surface area (Å²) in [7, 11) is 0. The van der Waals surface area contributed by atoms with Gasteiger partial charge in [-0.25, -0.2) is 0 Å². The molecule has 0 fully saturated rings. The van der Waals surface area contributed by atoms with Gasteiger partial charge in [0.1, 0.15) is 0 Å². The Kier molecular flexibility index (Phi) is 1.48. The standard InChI is InChI=1S/C3H4N4OS/c1-2(8)7-3(9)4-5-6-7/h1H3,(H,4,6,9). The maximum Gasteiger partial charge on any atom is 0.247 e. The Hall–Kier alpha value is -0.910. The molecule has 0 unspecified atom stereocenters. The van der Waals surface area contributed by atoms with Crippen molar-refractivity contribution in [2.24, 2.45) is 0 Å². The SMILES string of the molecule is CC(=O)n1nnnc1S. The van der Waals surface area contributed by atoms with Gasteiger partial charge in [0.25, 0.3) is 0 Å². The number of hydrogen-bond donors (Lipinski definition) is 1. The predicted octanol–water partition coefficient (Wildman–Crippen LogP) is -0.378. The summed E-state index contributed by atoms with van der Waals surface area (Å²) in [6, 6.07) is 0. The van der Waals surface area contributed by atoms with E-state index in [-0.39, 0.29) is 11.1 Å². The van der Waals surface area contributed by atoms with Crippen LogP contribution in [0.2, 0.25) is 0 Å². The third-order valence-electron chi connectivity index (χ3n) is 0.751. The molecule has 1 aromatic rings. The average Bonchev–Trinajstić information content (AvgIpc) is 2.13. The van der Waals surface area contributed by atoms with E-state index in [1.165, 1.54) is 6.92 Å². The quantitative estimate of drug-likeness (QED) is 0.398. The second-order valence-corrected chi connectivity index (χ2v) is 1.81. The zero-order valence-electron chi connectivity index (χ0n) is 4.64. The first-order valence-corrected chi connectivity index (χ1v) is 2.65. The first-order chi connectivity index (χ1) is 4.22. The molecule has 0 spiro atoms. The van der Waals surface area contributed by atoms with E-state index < -0.39 is 0 Å². The molecule has 0 saturated heterocycles. The summed E-state index contributed by atoms with van der Waals surface area (Å²) in [6.45, 7) is 1.36. The molecular formula is C3H4N4OS. The molecule has 0 aliphatic heterocycles. The molecule has 0 N–H and O–H groups in total. The van der Waals surface area contributed by atoms with Crippen molar-refractivity contribution < 1.29 is 4.79 Å². The molecule has 0 saturated carbocycles. The number of rotatable bonds is 0. The number of nitrogens with zero attached hydrogens (tertiary/aromatic N) is 4. The van der Waals surface area contributed by atoms with Crippen LogP contribution in [0.15, 0.2) is 5.16 Å². The molecule has 5 nitrogen and oxygen atoms in total. The fourth-order valence-corrected chi connectivity index (χ4v) is 0.607. The molecule has 9 heavy (non-hydrogen) atoms. The van der Waals surface area contributed by atoms with Crippen LogP contribution in [0, 0.1) is 0 Å². The third-order valence-corrected chi connectivity index (χ3v) is 1.03. The smallest absolute Gasteiger partial charge is 0.247 e. The summed E-state index contributed by atoms with van der Waals surface area (Å²) in [5, 5.41) is 10.1.